The first-order valence-electron chi connectivity index (χ1n) is 5.83. The van der Waals surface area contributed by atoms with Gasteiger partial charge in [0.05, 0.1) is 18.1 Å². The summed E-state index contributed by atoms with van der Waals surface area (Å²) in [7, 11) is 0. The number of rotatable bonds is 5. The summed E-state index contributed by atoms with van der Waals surface area (Å²) in [6, 6.07) is 5.54. The summed E-state index contributed by atoms with van der Waals surface area (Å²) >= 11 is 3.28. The SMILES string of the molecule is CC(C)CN(CCC#N)C(=O)c1cccnc1Br. The molecule has 18 heavy (non-hydrogen) atoms. The van der Waals surface area contributed by atoms with Crippen LogP contribution < -0.4 is 0 Å². The molecule has 0 atom stereocenters. The normalized spacial score (nSPS) is 10.2. The molecule has 0 unspecified atom stereocenters. The Morgan fingerprint density at radius 2 is 2.33 bits per heavy atom. The van der Waals surface area contributed by atoms with Gasteiger partial charge in [-0.15, -0.1) is 0 Å². The lowest BCUT2D eigenvalue weighted by molar-refractivity contribution is 0.0738. The van der Waals surface area contributed by atoms with Gasteiger partial charge in [0.2, 0.25) is 0 Å². The molecule has 0 saturated heterocycles. The van der Waals surface area contributed by atoms with Crippen molar-refractivity contribution in [1.29, 1.82) is 5.26 Å². The number of hydrogen-bond acceptors (Lipinski definition) is 3. The van der Waals surface area contributed by atoms with Gasteiger partial charge in [0.15, 0.2) is 0 Å². The van der Waals surface area contributed by atoms with Gasteiger partial charge < -0.3 is 4.90 Å². The van der Waals surface area contributed by atoms with Crippen LogP contribution in [0, 0.1) is 17.2 Å². The van der Waals surface area contributed by atoms with E-state index in [1.165, 1.54) is 0 Å². The number of hydrogen-bond donors (Lipinski definition) is 0. The quantitative estimate of drug-likeness (QED) is 0.786. The molecule has 0 spiro atoms. The summed E-state index contributed by atoms with van der Waals surface area (Å²) in [4.78, 5) is 18.1. The van der Waals surface area contributed by atoms with E-state index in [9.17, 15) is 4.79 Å². The number of nitrogens with zero attached hydrogens (tertiary/aromatic N) is 3. The van der Waals surface area contributed by atoms with Crippen LogP contribution in [-0.4, -0.2) is 28.9 Å². The van der Waals surface area contributed by atoms with E-state index in [-0.39, 0.29) is 5.91 Å². The minimum Gasteiger partial charge on any atom is -0.337 e. The molecule has 1 aromatic rings. The molecular formula is C13H16BrN3O. The number of carbonyl (C=O) groups is 1. The maximum absolute atomic E-state index is 12.4. The molecule has 0 aliphatic rings. The van der Waals surface area contributed by atoms with Gasteiger partial charge in [-0.3, -0.25) is 4.79 Å². The Hall–Kier alpha value is -1.41. The Labute approximate surface area is 116 Å². The van der Waals surface area contributed by atoms with E-state index in [0.717, 1.165) is 0 Å². The van der Waals surface area contributed by atoms with Crippen molar-refractivity contribution < 1.29 is 4.79 Å². The fourth-order valence-electron chi connectivity index (χ4n) is 1.62. The number of amides is 1. The molecule has 0 saturated carbocycles. The number of pyridine rings is 1. The third-order valence-corrected chi connectivity index (χ3v) is 2.99. The standard InChI is InChI=1S/C13H16BrN3O/c1-10(2)9-17(8-4-6-15)13(18)11-5-3-7-16-12(11)14/h3,5,7,10H,4,8-9H2,1-2H3. The van der Waals surface area contributed by atoms with E-state index in [1.54, 1.807) is 23.2 Å². The molecule has 0 bridgehead atoms. The second-order valence-electron chi connectivity index (χ2n) is 4.39. The highest BCUT2D eigenvalue weighted by molar-refractivity contribution is 9.10. The minimum absolute atomic E-state index is 0.0843. The van der Waals surface area contributed by atoms with E-state index in [1.807, 2.05) is 13.8 Å². The van der Waals surface area contributed by atoms with E-state index in [4.69, 9.17) is 5.26 Å². The molecule has 0 aromatic carbocycles. The van der Waals surface area contributed by atoms with Crippen LogP contribution in [0.25, 0.3) is 0 Å². The van der Waals surface area contributed by atoms with Crippen LogP contribution in [-0.2, 0) is 0 Å². The Morgan fingerprint density at radius 1 is 1.61 bits per heavy atom. The van der Waals surface area contributed by atoms with E-state index in [0.29, 0.717) is 35.6 Å². The lowest BCUT2D eigenvalue weighted by Crippen LogP contribution is -2.35. The maximum atomic E-state index is 12.4. The molecule has 4 nitrogen and oxygen atoms in total. The van der Waals surface area contributed by atoms with Crippen LogP contribution in [0.1, 0.15) is 30.6 Å². The molecule has 0 aliphatic carbocycles. The van der Waals surface area contributed by atoms with Crippen molar-refractivity contribution in [1.82, 2.24) is 9.88 Å². The van der Waals surface area contributed by atoms with Crippen LogP contribution in [0.3, 0.4) is 0 Å². The number of carbonyl (C=O) groups excluding carboxylic acids is 1. The Balaban J connectivity index is 2.88. The molecule has 1 aromatic heterocycles. The van der Waals surface area contributed by atoms with Gasteiger partial charge >= 0.3 is 0 Å². The van der Waals surface area contributed by atoms with Crippen LogP contribution in [0.5, 0.6) is 0 Å². The van der Waals surface area contributed by atoms with Crippen LogP contribution in [0.2, 0.25) is 0 Å². The van der Waals surface area contributed by atoms with Crippen LogP contribution >= 0.6 is 15.9 Å². The van der Waals surface area contributed by atoms with Gasteiger partial charge in [-0.1, -0.05) is 13.8 Å². The van der Waals surface area contributed by atoms with Crippen molar-refractivity contribution in [3.8, 4) is 6.07 Å². The maximum Gasteiger partial charge on any atom is 0.256 e. The summed E-state index contributed by atoms with van der Waals surface area (Å²) in [5, 5.41) is 8.65. The average molecular weight is 310 g/mol. The van der Waals surface area contributed by atoms with Gasteiger partial charge in [-0.05, 0) is 34.0 Å². The fraction of sp³-hybridized carbons (Fsp3) is 0.462. The topological polar surface area (TPSA) is 57.0 Å². The largest absolute Gasteiger partial charge is 0.337 e. The molecule has 1 rings (SSSR count). The third-order valence-electron chi connectivity index (χ3n) is 2.36. The molecule has 1 amide bonds. The van der Waals surface area contributed by atoms with Crippen LogP contribution in [0.15, 0.2) is 22.9 Å². The predicted octanol–water partition coefficient (Wildman–Crippen LogP) is 2.86. The van der Waals surface area contributed by atoms with E-state index >= 15 is 0 Å². The molecular weight excluding hydrogens is 294 g/mol. The third kappa shape index (κ3) is 4.11. The van der Waals surface area contributed by atoms with Crippen molar-refractivity contribution in [2.75, 3.05) is 13.1 Å². The first kappa shape index (κ1) is 14.7. The first-order valence-corrected chi connectivity index (χ1v) is 6.62. The molecule has 96 valence electrons. The molecule has 0 radical (unpaired) electrons. The van der Waals surface area contributed by atoms with Crippen molar-refractivity contribution in [2.24, 2.45) is 5.92 Å². The zero-order valence-electron chi connectivity index (χ0n) is 10.6. The second-order valence-corrected chi connectivity index (χ2v) is 5.15. The number of aromatic nitrogens is 1. The summed E-state index contributed by atoms with van der Waals surface area (Å²) in [6.07, 6.45) is 1.97. The number of nitriles is 1. The highest BCUT2D eigenvalue weighted by Gasteiger charge is 2.19. The summed E-state index contributed by atoms with van der Waals surface area (Å²) in [6.45, 7) is 5.19. The van der Waals surface area contributed by atoms with Crippen molar-refractivity contribution in [3.05, 3.63) is 28.5 Å². The van der Waals surface area contributed by atoms with Crippen molar-refractivity contribution >= 4 is 21.8 Å². The molecule has 0 N–H and O–H groups in total. The van der Waals surface area contributed by atoms with Crippen molar-refractivity contribution in [3.63, 3.8) is 0 Å². The predicted molar refractivity (Wildman–Crippen MR) is 72.9 cm³/mol. The zero-order valence-corrected chi connectivity index (χ0v) is 12.1. The van der Waals surface area contributed by atoms with Gasteiger partial charge in [0.1, 0.15) is 4.60 Å². The Morgan fingerprint density at radius 3 is 2.89 bits per heavy atom. The highest BCUT2D eigenvalue weighted by atomic mass is 79.9. The lowest BCUT2D eigenvalue weighted by Gasteiger charge is -2.23. The lowest BCUT2D eigenvalue weighted by atomic mass is 10.1. The first-order chi connectivity index (χ1) is 8.56. The smallest absolute Gasteiger partial charge is 0.256 e. The number of halogens is 1. The van der Waals surface area contributed by atoms with Gasteiger partial charge in [0.25, 0.3) is 5.91 Å². The summed E-state index contributed by atoms with van der Waals surface area (Å²) in [5.74, 6) is 0.280. The zero-order chi connectivity index (χ0) is 13.5. The summed E-state index contributed by atoms with van der Waals surface area (Å²) < 4.78 is 0.542. The Bertz CT molecular complexity index is 454. The van der Waals surface area contributed by atoms with Gasteiger partial charge in [-0.2, -0.15) is 5.26 Å². The Kier molecular flexibility index (Phi) is 5.79. The van der Waals surface area contributed by atoms with Gasteiger partial charge in [0, 0.05) is 19.3 Å². The second kappa shape index (κ2) is 7.12. The van der Waals surface area contributed by atoms with Gasteiger partial charge in [-0.25, -0.2) is 4.98 Å². The molecule has 0 fully saturated rings. The summed E-state index contributed by atoms with van der Waals surface area (Å²) in [5.41, 5.74) is 0.538. The minimum atomic E-state index is -0.0843. The highest BCUT2D eigenvalue weighted by Crippen LogP contribution is 2.16. The van der Waals surface area contributed by atoms with Crippen molar-refractivity contribution in [2.45, 2.75) is 20.3 Å². The van der Waals surface area contributed by atoms with Crippen LogP contribution in [0.4, 0.5) is 0 Å². The molecule has 1 heterocycles. The monoisotopic (exact) mass is 309 g/mol. The molecule has 5 heteroatoms. The molecule has 0 aliphatic heterocycles. The van der Waals surface area contributed by atoms with E-state index in [2.05, 4.69) is 27.0 Å². The van der Waals surface area contributed by atoms with E-state index < -0.39 is 0 Å². The average Bonchev–Trinajstić information content (AvgIpc) is 2.34. The fourth-order valence-corrected chi connectivity index (χ4v) is 2.04.